The second-order valence-electron chi connectivity index (χ2n) is 2.60. The Morgan fingerprint density at radius 1 is 1.56 bits per heavy atom. The average Bonchev–Trinajstić information content (AvgIpc) is 1.83. The first-order valence-electron chi connectivity index (χ1n) is 3.42. The van der Waals surface area contributed by atoms with Crippen LogP contribution in [0.4, 0.5) is 0 Å². The van der Waals surface area contributed by atoms with Crippen LogP contribution < -0.4 is 0 Å². The molecule has 0 aromatic heterocycles. The summed E-state index contributed by atoms with van der Waals surface area (Å²) in [6, 6.07) is 0. The molecule has 0 heterocycles. The van der Waals surface area contributed by atoms with Gasteiger partial charge in [0.25, 0.3) is 0 Å². The van der Waals surface area contributed by atoms with Crippen LogP contribution in [0.2, 0.25) is 0 Å². The van der Waals surface area contributed by atoms with E-state index in [1.165, 1.54) is 0 Å². The Morgan fingerprint density at radius 2 is 2.11 bits per heavy atom. The highest BCUT2D eigenvalue weighted by Crippen LogP contribution is 1.99. The molecule has 0 radical (unpaired) electrons. The van der Waals surface area contributed by atoms with Crippen molar-refractivity contribution in [2.24, 2.45) is 5.92 Å². The van der Waals surface area contributed by atoms with Gasteiger partial charge in [0.1, 0.15) is 0 Å². The summed E-state index contributed by atoms with van der Waals surface area (Å²) in [6.07, 6.45) is 1.97. The van der Waals surface area contributed by atoms with Crippen molar-refractivity contribution in [3.63, 3.8) is 0 Å². The van der Waals surface area contributed by atoms with Gasteiger partial charge in [-0.25, -0.2) is 0 Å². The van der Waals surface area contributed by atoms with Crippen LogP contribution in [0.3, 0.4) is 0 Å². The van der Waals surface area contributed by atoms with Gasteiger partial charge in [0, 0.05) is 0 Å². The van der Waals surface area contributed by atoms with Crippen LogP contribution in [0, 0.1) is 5.92 Å². The lowest BCUT2D eigenvalue weighted by molar-refractivity contribution is 0.180. The van der Waals surface area contributed by atoms with E-state index in [0.717, 1.165) is 12.4 Å². The lowest BCUT2D eigenvalue weighted by atomic mass is 10.2. The predicted molar refractivity (Wildman–Crippen MR) is 40.2 cm³/mol. The zero-order chi connectivity index (χ0) is 7.28. The molecular formula is C8H16O. The molecule has 1 heteroatoms. The molecular weight excluding hydrogens is 112 g/mol. The van der Waals surface area contributed by atoms with Crippen LogP contribution >= 0.6 is 0 Å². The lowest BCUT2D eigenvalue weighted by Crippen LogP contribution is -1.99. The quantitative estimate of drug-likeness (QED) is 0.531. The Balaban J connectivity index is 3.28. The molecule has 0 aliphatic rings. The molecule has 0 aromatic rings. The second kappa shape index (κ2) is 4.42. The van der Waals surface area contributed by atoms with Gasteiger partial charge in [0.2, 0.25) is 0 Å². The maximum Gasteiger partial charge on any atom is 0.0899 e. The van der Waals surface area contributed by atoms with E-state index >= 15 is 0 Å². The Morgan fingerprint density at radius 3 is 2.44 bits per heavy atom. The zero-order valence-corrected chi connectivity index (χ0v) is 6.77. The molecule has 0 aliphatic carbocycles. The van der Waals surface area contributed by atoms with Gasteiger partial charge in [-0.15, -0.1) is 0 Å². The maximum atomic E-state index is 5.31. The van der Waals surface area contributed by atoms with E-state index in [0.29, 0.717) is 5.92 Å². The van der Waals surface area contributed by atoms with Crippen LogP contribution in [-0.2, 0) is 4.74 Å². The highest BCUT2D eigenvalue weighted by Gasteiger charge is 1.92. The fraction of sp³-hybridized carbons (Fsp3) is 0.750. The fourth-order valence-electron chi connectivity index (χ4n) is 0.381. The van der Waals surface area contributed by atoms with Gasteiger partial charge in [0.05, 0.1) is 12.4 Å². The van der Waals surface area contributed by atoms with Gasteiger partial charge in [-0.2, -0.15) is 0 Å². The fourth-order valence-corrected chi connectivity index (χ4v) is 0.381. The molecule has 0 saturated carbocycles. The van der Waals surface area contributed by atoms with Gasteiger partial charge in [-0.3, -0.25) is 0 Å². The standard InChI is InChI=1S/C8H16O/c1-5-8(4)9-6-7(2)3/h5,7H,6H2,1-4H3/b8-5+. The highest BCUT2D eigenvalue weighted by atomic mass is 16.5. The maximum absolute atomic E-state index is 5.31. The third kappa shape index (κ3) is 5.41. The molecule has 0 saturated heterocycles. The van der Waals surface area contributed by atoms with Crippen molar-refractivity contribution in [3.05, 3.63) is 11.8 Å². The number of allylic oxidation sites excluding steroid dienone is 2. The molecule has 0 fully saturated rings. The van der Waals surface area contributed by atoms with Crippen molar-refractivity contribution in [1.29, 1.82) is 0 Å². The smallest absolute Gasteiger partial charge is 0.0899 e. The molecule has 0 atom stereocenters. The SMILES string of the molecule is C/C=C(\C)OCC(C)C. The van der Waals surface area contributed by atoms with Crippen LogP contribution in [0.15, 0.2) is 11.8 Å². The van der Waals surface area contributed by atoms with Crippen LogP contribution in [-0.4, -0.2) is 6.61 Å². The normalized spacial score (nSPS) is 12.3. The molecule has 0 aliphatic heterocycles. The predicted octanol–water partition coefficient (Wildman–Crippen LogP) is 2.58. The third-order valence-corrected chi connectivity index (χ3v) is 1.05. The first-order chi connectivity index (χ1) is 4.16. The summed E-state index contributed by atoms with van der Waals surface area (Å²) in [4.78, 5) is 0. The van der Waals surface area contributed by atoms with E-state index in [1.807, 2.05) is 19.9 Å². The van der Waals surface area contributed by atoms with E-state index in [4.69, 9.17) is 4.74 Å². The van der Waals surface area contributed by atoms with E-state index in [9.17, 15) is 0 Å². The zero-order valence-electron chi connectivity index (χ0n) is 6.77. The molecule has 9 heavy (non-hydrogen) atoms. The lowest BCUT2D eigenvalue weighted by Gasteiger charge is -2.07. The van der Waals surface area contributed by atoms with Gasteiger partial charge in [-0.1, -0.05) is 19.9 Å². The van der Waals surface area contributed by atoms with Gasteiger partial charge in [0.15, 0.2) is 0 Å². The largest absolute Gasteiger partial charge is 0.498 e. The summed E-state index contributed by atoms with van der Waals surface area (Å²) in [5, 5.41) is 0. The summed E-state index contributed by atoms with van der Waals surface area (Å²) in [5.41, 5.74) is 0. The van der Waals surface area contributed by atoms with E-state index in [1.54, 1.807) is 0 Å². The molecule has 0 unspecified atom stereocenters. The Labute approximate surface area is 57.7 Å². The number of rotatable bonds is 3. The van der Waals surface area contributed by atoms with E-state index in [-0.39, 0.29) is 0 Å². The Bertz CT molecular complexity index is 92.7. The van der Waals surface area contributed by atoms with Crippen molar-refractivity contribution in [2.45, 2.75) is 27.7 Å². The summed E-state index contributed by atoms with van der Waals surface area (Å²) in [7, 11) is 0. The minimum atomic E-state index is 0.625. The molecule has 54 valence electrons. The molecule has 0 N–H and O–H groups in total. The van der Waals surface area contributed by atoms with E-state index in [2.05, 4.69) is 13.8 Å². The van der Waals surface area contributed by atoms with Gasteiger partial charge >= 0.3 is 0 Å². The summed E-state index contributed by atoms with van der Waals surface area (Å²) in [6.45, 7) is 9.07. The minimum absolute atomic E-state index is 0.625. The van der Waals surface area contributed by atoms with Crippen molar-refractivity contribution < 1.29 is 4.74 Å². The molecule has 0 spiro atoms. The van der Waals surface area contributed by atoms with Gasteiger partial charge < -0.3 is 4.74 Å². The van der Waals surface area contributed by atoms with Crippen LogP contribution in [0.25, 0.3) is 0 Å². The van der Waals surface area contributed by atoms with Crippen molar-refractivity contribution in [3.8, 4) is 0 Å². The number of hydrogen-bond acceptors (Lipinski definition) is 1. The number of hydrogen-bond donors (Lipinski definition) is 0. The molecule has 1 nitrogen and oxygen atoms in total. The number of ether oxygens (including phenoxy) is 1. The molecule has 0 rings (SSSR count). The molecule has 0 amide bonds. The van der Waals surface area contributed by atoms with E-state index < -0.39 is 0 Å². The average molecular weight is 128 g/mol. The second-order valence-corrected chi connectivity index (χ2v) is 2.60. The van der Waals surface area contributed by atoms with Gasteiger partial charge in [-0.05, 0) is 19.8 Å². The van der Waals surface area contributed by atoms with Crippen molar-refractivity contribution >= 4 is 0 Å². The third-order valence-electron chi connectivity index (χ3n) is 1.05. The first-order valence-corrected chi connectivity index (χ1v) is 3.42. The van der Waals surface area contributed by atoms with Crippen molar-refractivity contribution in [2.75, 3.05) is 6.61 Å². The topological polar surface area (TPSA) is 9.23 Å². The first kappa shape index (κ1) is 8.54. The summed E-state index contributed by atoms with van der Waals surface area (Å²) in [5.74, 6) is 1.64. The summed E-state index contributed by atoms with van der Waals surface area (Å²) >= 11 is 0. The Kier molecular flexibility index (Phi) is 4.20. The monoisotopic (exact) mass is 128 g/mol. The minimum Gasteiger partial charge on any atom is -0.498 e. The van der Waals surface area contributed by atoms with Crippen LogP contribution in [0.5, 0.6) is 0 Å². The highest BCUT2D eigenvalue weighted by molar-refractivity contribution is 4.83. The Hall–Kier alpha value is -0.460. The molecule has 0 bridgehead atoms. The molecule has 0 aromatic carbocycles. The summed E-state index contributed by atoms with van der Waals surface area (Å²) < 4.78 is 5.31. The van der Waals surface area contributed by atoms with Crippen LogP contribution in [0.1, 0.15) is 27.7 Å². The van der Waals surface area contributed by atoms with Crippen molar-refractivity contribution in [1.82, 2.24) is 0 Å².